The van der Waals surface area contributed by atoms with Gasteiger partial charge in [0.05, 0.1) is 16.6 Å². The molecule has 1 rings (SSSR count). The minimum absolute atomic E-state index is 0.0911. The lowest BCUT2D eigenvalue weighted by Gasteiger charge is -2.07. The van der Waals surface area contributed by atoms with E-state index in [0.29, 0.717) is 6.54 Å². The lowest BCUT2D eigenvalue weighted by molar-refractivity contribution is -0.120. The minimum Gasteiger partial charge on any atom is -0.355 e. The summed E-state index contributed by atoms with van der Waals surface area (Å²) < 4.78 is 13.2. The molecule has 1 aromatic carbocycles. The molecule has 0 spiro atoms. The van der Waals surface area contributed by atoms with Gasteiger partial charge in [-0.1, -0.05) is 6.07 Å². The fourth-order valence-electron chi connectivity index (χ4n) is 1.19. The van der Waals surface area contributed by atoms with Crippen LogP contribution >= 0.6 is 15.9 Å². The van der Waals surface area contributed by atoms with Gasteiger partial charge in [0.25, 0.3) is 5.91 Å². The predicted molar refractivity (Wildman–Crippen MR) is 65.1 cm³/mol. The van der Waals surface area contributed by atoms with Gasteiger partial charge in [-0.2, -0.15) is 0 Å². The van der Waals surface area contributed by atoms with E-state index in [1.54, 1.807) is 6.92 Å². The maximum atomic E-state index is 13.2. The van der Waals surface area contributed by atoms with E-state index >= 15 is 0 Å². The fourth-order valence-corrected chi connectivity index (χ4v) is 1.64. The third-order valence-corrected chi connectivity index (χ3v) is 2.79. The van der Waals surface area contributed by atoms with Crippen LogP contribution < -0.4 is 10.6 Å². The van der Waals surface area contributed by atoms with E-state index in [4.69, 9.17) is 0 Å². The molecule has 2 amide bonds. The lowest BCUT2D eigenvalue weighted by atomic mass is 10.2. The van der Waals surface area contributed by atoms with E-state index < -0.39 is 11.7 Å². The van der Waals surface area contributed by atoms with Gasteiger partial charge in [-0.15, -0.1) is 0 Å². The summed E-state index contributed by atoms with van der Waals surface area (Å²) in [5, 5.41) is 4.94. The molecule has 0 saturated heterocycles. The van der Waals surface area contributed by atoms with E-state index in [-0.39, 0.29) is 22.5 Å². The molecule has 0 unspecified atom stereocenters. The summed E-state index contributed by atoms with van der Waals surface area (Å²) in [4.78, 5) is 22.8. The fraction of sp³-hybridized carbons (Fsp3) is 0.273. The first-order chi connectivity index (χ1) is 8.06. The molecule has 17 heavy (non-hydrogen) atoms. The average Bonchev–Trinajstić information content (AvgIpc) is 2.30. The number of carbonyl (C=O) groups is 2. The van der Waals surface area contributed by atoms with Crippen LogP contribution in [0, 0.1) is 5.82 Å². The summed E-state index contributed by atoms with van der Waals surface area (Å²) >= 11 is 2.98. The second-order valence-electron chi connectivity index (χ2n) is 3.24. The summed E-state index contributed by atoms with van der Waals surface area (Å²) in [7, 11) is 0. The van der Waals surface area contributed by atoms with Crippen LogP contribution in [0.25, 0.3) is 0 Å². The van der Waals surface area contributed by atoms with Crippen molar-refractivity contribution < 1.29 is 14.0 Å². The number of amides is 2. The molecule has 4 nitrogen and oxygen atoms in total. The quantitative estimate of drug-likeness (QED) is 0.884. The molecule has 0 aliphatic heterocycles. The molecule has 6 heteroatoms. The molecule has 0 bridgehead atoms. The van der Waals surface area contributed by atoms with Crippen LogP contribution in [-0.2, 0) is 4.79 Å². The zero-order valence-electron chi connectivity index (χ0n) is 9.22. The van der Waals surface area contributed by atoms with Crippen molar-refractivity contribution >= 4 is 27.7 Å². The third kappa shape index (κ3) is 3.81. The zero-order chi connectivity index (χ0) is 12.8. The minimum atomic E-state index is -0.518. The molecular formula is C11H12BrFN2O2. The molecule has 2 N–H and O–H groups in total. The number of benzene rings is 1. The predicted octanol–water partition coefficient (Wildman–Crippen LogP) is 1.45. The van der Waals surface area contributed by atoms with E-state index in [1.165, 1.54) is 18.2 Å². The zero-order valence-corrected chi connectivity index (χ0v) is 10.8. The van der Waals surface area contributed by atoms with E-state index in [0.717, 1.165) is 0 Å². The Balaban J connectivity index is 2.64. The summed E-state index contributed by atoms with van der Waals surface area (Å²) in [6.45, 7) is 2.15. The van der Waals surface area contributed by atoms with Gasteiger partial charge in [0.1, 0.15) is 5.82 Å². The molecule has 0 atom stereocenters. The highest BCUT2D eigenvalue weighted by molar-refractivity contribution is 9.10. The molecule has 0 aliphatic carbocycles. The Morgan fingerprint density at radius 3 is 2.71 bits per heavy atom. The second-order valence-corrected chi connectivity index (χ2v) is 4.03. The maximum Gasteiger partial charge on any atom is 0.252 e. The summed E-state index contributed by atoms with van der Waals surface area (Å²) in [5.41, 5.74) is 0.161. The molecule has 1 aromatic rings. The Morgan fingerprint density at radius 2 is 2.06 bits per heavy atom. The number of likely N-dealkylation sites (N-methyl/N-ethyl adjacent to an activating group) is 1. The van der Waals surface area contributed by atoms with Gasteiger partial charge in [-0.05, 0) is 35.0 Å². The van der Waals surface area contributed by atoms with Gasteiger partial charge in [-0.25, -0.2) is 4.39 Å². The summed E-state index contributed by atoms with van der Waals surface area (Å²) in [5.74, 6) is -1.30. The molecule has 0 aromatic heterocycles. The van der Waals surface area contributed by atoms with Crippen molar-refractivity contribution in [3.8, 4) is 0 Å². The second kappa shape index (κ2) is 6.34. The number of hydrogen-bond acceptors (Lipinski definition) is 2. The van der Waals surface area contributed by atoms with Crippen LogP contribution in [0.15, 0.2) is 22.7 Å². The summed E-state index contributed by atoms with van der Waals surface area (Å²) in [6.07, 6.45) is 0. The van der Waals surface area contributed by atoms with Gasteiger partial charge in [0.2, 0.25) is 5.91 Å². The van der Waals surface area contributed by atoms with Gasteiger partial charge < -0.3 is 10.6 Å². The number of hydrogen-bond donors (Lipinski definition) is 2. The highest BCUT2D eigenvalue weighted by Crippen LogP contribution is 2.19. The third-order valence-electron chi connectivity index (χ3n) is 1.98. The highest BCUT2D eigenvalue weighted by atomic mass is 79.9. The van der Waals surface area contributed by atoms with Gasteiger partial charge in [0, 0.05) is 6.54 Å². The first-order valence-corrected chi connectivity index (χ1v) is 5.84. The topological polar surface area (TPSA) is 58.2 Å². The van der Waals surface area contributed by atoms with Crippen molar-refractivity contribution in [3.63, 3.8) is 0 Å². The summed E-state index contributed by atoms with van der Waals surface area (Å²) in [6, 6.07) is 4.14. The van der Waals surface area contributed by atoms with Crippen molar-refractivity contribution in [2.75, 3.05) is 13.1 Å². The highest BCUT2D eigenvalue weighted by Gasteiger charge is 2.13. The van der Waals surface area contributed by atoms with Crippen LogP contribution in [0.4, 0.5) is 4.39 Å². The smallest absolute Gasteiger partial charge is 0.252 e. The van der Waals surface area contributed by atoms with Gasteiger partial charge in [0.15, 0.2) is 0 Å². The monoisotopic (exact) mass is 302 g/mol. The Bertz CT molecular complexity index is 437. The molecule has 0 aliphatic rings. The number of carbonyl (C=O) groups excluding carboxylic acids is 2. The maximum absolute atomic E-state index is 13.2. The largest absolute Gasteiger partial charge is 0.355 e. The Labute approximate surface area is 107 Å². The SMILES string of the molecule is CCNC(=O)CNC(=O)c1cccc(F)c1Br. The van der Waals surface area contributed by atoms with Gasteiger partial charge in [-0.3, -0.25) is 9.59 Å². The van der Waals surface area contributed by atoms with E-state index in [1.807, 2.05) is 0 Å². The van der Waals surface area contributed by atoms with Crippen molar-refractivity contribution in [3.05, 3.63) is 34.1 Å². The number of halogens is 2. The molecular weight excluding hydrogens is 291 g/mol. The van der Waals surface area contributed by atoms with Crippen molar-refractivity contribution in [2.45, 2.75) is 6.92 Å². The van der Waals surface area contributed by atoms with Gasteiger partial charge >= 0.3 is 0 Å². The van der Waals surface area contributed by atoms with Crippen molar-refractivity contribution in [1.29, 1.82) is 0 Å². The van der Waals surface area contributed by atoms with Crippen LogP contribution in [0.3, 0.4) is 0 Å². The Hall–Kier alpha value is -1.43. The molecule has 0 saturated carbocycles. The van der Waals surface area contributed by atoms with Crippen LogP contribution in [0.1, 0.15) is 17.3 Å². The first-order valence-electron chi connectivity index (χ1n) is 5.05. The van der Waals surface area contributed by atoms with Crippen molar-refractivity contribution in [2.24, 2.45) is 0 Å². The van der Waals surface area contributed by atoms with Crippen LogP contribution in [-0.4, -0.2) is 24.9 Å². The van der Waals surface area contributed by atoms with Crippen LogP contribution in [0.2, 0.25) is 0 Å². The van der Waals surface area contributed by atoms with Crippen LogP contribution in [0.5, 0.6) is 0 Å². The molecule has 0 radical (unpaired) electrons. The first kappa shape index (κ1) is 13.6. The normalized spacial score (nSPS) is 9.82. The average molecular weight is 303 g/mol. The molecule has 0 heterocycles. The molecule has 0 fully saturated rings. The standard InChI is InChI=1S/C11H12BrFN2O2/c1-2-14-9(16)6-15-11(17)7-4-3-5-8(13)10(7)12/h3-5H,2,6H2,1H3,(H,14,16)(H,15,17). The Morgan fingerprint density at radius 1 is 1.35 bits per heavy atom. The van der Waals surface area contributed by atoms with Crippen molar-refractivity contribution in [1.82, 2.24) is 10.6 Å². The Kier molecular flexibility index (Phi) is 5.09. The lowest BCUT2D eigenvalue weighted by Crippen LogP contribution is -2.36. The van der Waals surface area contributed by atoms with E-state index in [2.05, 4.69) is 26.6 Å². The number of rotatable bonds is 4. The molecule has 92 valence electrons. The number of nitrogens with one attached hydrogen (secondary N) is 2. The van der Waals surface area contributed by atoms with E-state index in [9.17, 15) is 14.0 Å².